The number of aryl methyl sites for hydroxylation is 1. The zero-order valence-corrected chi connectivity index (χ0v) is 11.4. The van der Waals surface area contributed by atoms with Crippen LogP contribution < -0.4 is 10.9 Å². The van der Waals surface area contributed by atoms with Crippen molar-refractivity contribution in [3.8, 4) is 0 Å². The molecule has 1 N–H and O–H groups in total. The highest BCUT2D eigenvalue weighted by atomic mass is 16.5. The Bertz CT molecular complexity index is 723. The number of aromatic nitrogens is 1. The van der Waals surface area contributed by atoms with Crippen LogP contribution in [0.3, 0.4) is 0 Å². The predicted octanol–water partition coefficient (Wildman–Crippen LogP) is 1.74. The molecular formula is C14H14N2O4. The average molecular weight is 274 g/mol. The number of carbonyl (C=O) groups is 2. The Labute approximate surface area is 115 Å². The second kappa shape index (κ2) is 5.16. The summed E-state index contributed by atoms with van der Waals surface area (Å²) in [4.78, 5) is 34.7. The number of nitrogens with one attached hydrogen (secondary N) is 1. The van der Waals surface area contributed by atoms with Crippen LogP contribution in [0.1, 0.15) is 33.3 Å². The van der Waals surface area contributed by atoms with E-state index in [0.29, 0.717) is 16.9 Å². The summed E-state index contributed by atoms with van der Waals surface area (Å²) in [6, 6.07) is 6.43. The molecule has 1 amide bonds. The van der Waals surface area contributed by atoms with Crippen molar-refractivity contribution in [1.82, 2.24) is 4.74 Å². The van der Waals surface area contributed by atoms with Gasteiger partial charge in [0.05, 0.1) is 5.69 Å². The first-order chi connectivity index (χ1) is 9.40. The van der Waals surface area contributed by atoms with Crippen molar-refractivity contribution in [3.05, 3.63) is 51.5 Å². The third-order valence-electron chi connectivity index (χ3n) is 3.03. The van der Waals surface area contributed by atoms with E-state index >= 15 is 0 Å². The number of hydrogen-bond donors (Lipinski definition) is 1. The maximum atomic E-state index is 12.0. The molecule has 0 aliphatic rings. The third kappa shape index (κ3) is 2.54. The van der Waals surface area contributed by atoms with Crippen molar-refractivity contribution in [3.63, 3.8) is 0 Å². The zero-order valence-electron chi connectivity index (χ0n) is 11.4. The molecule has 6 heteroatoms. The van der Waals surface area contributed by atoms with E-state index in [1.54, 1.807) is 38.2 Å². The van der Waals surface area contributed by atoms with Crippen LogP contribution in [-0.4, -0.2) is 16.4 Å². The second-order valence-electron chi connectivity index (χ2n) is 4.42. The van der Waals surface area contributed by atoms with Gasteiger partial charge in [-0.25, -0.2) is 9.53 Å². The molecule has 0 radical (unpaired) electrons. The molecular weight excluding hydrogens is 260 g/mol. The summed E-state index contributed by atoms with van der Waals surface area (Å²) in [5, 5.41) is 2.60. The number of Topliss-reactive ketones (excluding diaryl/α,β-unsaturated/α-hetero) is 1. The number of nitrogens with zero attached hydrogens (tertiary/aromatic N) is 1. The predicted molar refractivity (Wildman–Crippen MR) is 73.1 cm³/mol. The Hall–Kier alpha value is -2.63. The molecule has 0 bridgehead atoms. The minimum atomic E-state index is -0.678. The molecule has 0 unspecified atom stereocenters. The Morgan fingerprint density at radius 3 is 2.25 bits per heavy atom. The van der Waals surface area contributed by atoms with Gasteiger partial charge in [0.1, 0.15) is 5.56 Å². The summed E-state index contributed by atoms with van der Waals surface area (Å²) in [5.74, 6) is -0.588. The van der Waals surface area contributed by atoms with Gasteiger partial charge < -0.3 is 9.84 Å². The van der Waals surface area contributed by atoms with Crippen LogP contribution in [0, 0.1) is 6.92 Å². The van der Waals surface area contributed by atoms with E-state index in [2.05, 4.69) is 5.32 Å². The topological polar surface area (TPSA) is 81.3 Å². The van der Waals surface area contributed by atoms with Crippen LogP contribution in [0.25, 0.3) is 0 Å². The number of amides is 1. The van der Waals surface area contributed by atoms with E-state index in [9.17, 15) is 14.4 Å². The van der Waals surface area contributed by atoms with E-state index in [1.807, 2.05) is 0 Å². The molecule has 1 heterocycles. The molecule has 0 saturated heterocycles. The number of anilines is 1. The Morgan fingerprint density at radius 2 is 1.80 bits per heavy atom. The molecule has 0 aliphatic heterocycles. The van der Waals surface area contributed by atoms with Gasteiger partial charge in [0.25, 0.3) is 5.91 Å². The van der Waals surface area contributed by atoms with Gasteiger partial charge in [-0.2, -0.15) is 0 Å². The minimum Gasteiger partial charge on any atom is -0.336 e. The number of benzene rings is 1. The van der Waals surface area contributed by atoms with E-state index < -0.39 is 11.5 Å². The lowest BCUT2D eigenvalue weighted by Crippen LogP contribution is -2.19. The maximum Gasteiger partial charge on any atom is 0.370 e. The van der Waals surface area contributed by atoms with Gasteiger partial charge in [-0.1, -0.05) is 0 Å². The smallest absolute Gasteiger partial charge is 0.336 e. The highest BCUT2D eigenvalue weighted by molar-refractivity contribution is 6.05. The molecule has 0 saturated carbocycles. The van der Waals surface area contributed by atoms with Crippen molar-refractivity contribution in [2.24, 2.45) is 7.05 Å². The number of rotatable bonds is 3. The standard InChI is InChI=1S/C14H14N2O4/c1-8-12(14(19)20-16(8)3)13(18)15-11-6-4-10(5-7-11)9(2)17/h4-7H,1-3H3,(H,15,18). The lowest BCUT2D eigenvalue weighted by atomic mass is 10.1. The summed E-state index contributed by atoms with van der Waals surface area (Å²) in [5.41, 5.74) is 0.805. The third-order valence-corrected chi connectivity index (χ3v) is 3.03. The highest BCUT2D eigenvalue weighted by Crippen LogP contribution is 2.12. The van der Waals surface area contributed by atoms with E-state index in [1.165, 1.54) is 11.7 Å². The normalized spacial score (nSPS) is 10.3. The monoisotopic (exact) mass is 274 g/mol. The zero-order chi connectivity index (χ0) is 14.9. The molecule has 0 aliphatic carbocycles. The number of carbonyl (C=O) groups excluding carboxylic acids is 2. The van der Waals surface area contributed by atoms with Gasteiger partial charge in [0.15, 0.2) is 5.78 Å². The molecule has 2 aromatic rings. The van der Waals surface area contributed by atoms with E-state index in [-0.39, 0.29) is 11.3 Å². The maximum absolute atomic E-state index is 12.0. The first kappa shape index (κ1) is 13.8. The molecule has 0 spiro atoms. The lowest BCUT2D eigenvalue weighted by Gasteiger charge is -2.04. The quantitative estimate of drug-likeness (QED) is 0.864. The summed E-state index contributed by atoms with van der Waals surface area (Å²) < 4.78 is 6.06. The molecule has 20 heavy (non-hydrogen) atoms. The fourth-order valence-corrected chi connectivity index (χ4v) is 1.78. The molecule has 0 atom stereocenters. The lowest BCUT2D eigenvalue weighted by molar-refractivity contribution is 0.101. The summed E-state index contributed by atoms with van der Waals surface area (Å²) in [6.07, 6.45) is 0. The van der Waals surface area contributed by atoms with Crippen LogP contribution in [0.5, 0.6) is 0 Å². The van der Waals surface area contributed by atoms with Crippen LogP contribution in [0.15, 0.2) is 33.6 Å². The molecule has 2 rings (SSSR count). The summed E-state index contributed by atoms with van der Waals surface area (Å²) in [7, 11) is 1.55. The van der Waals surface area contributed by atoms with Gasteiger partial charge in [-0.3, -0.25) is 9.59 Å². The SMILES string of the molecule is CC(=O)c1ccc(NC(=O)c2c(C)n(C)oc2=O)cc1. The van der Waals surface area contributed by atoms with E-state index in [0.717, 1.165) is 0 Å². The number of hydrogen-bond acceptors (Lipinski definition) is 4. The van der Waals surface area contributed by atoms with Crippen molar-refractivity contribution in [1.29, 1.82) is 0 Å². The fraction of sp³-hybridized carbons (Fsp3) is 0.214. The van der Waals surface area contributed by atoms with Gasteiger partial charge in [0.2, 0.25) is 0 Å². The van der Waals surface area contributed by atoms with Gasteiger partial charge in [0, 0.05) is 18.3 Å². The fourth-order valence-electron chi connectivity index (χ4n) is 1.78. The Kier molecular flexibility index (Phi) is 3.56. The van der Waals surface area contributed by atoms with Crippen molar-refractivity contribution >= 4 is 17.4 Å². The minimum absolute atomic E-state index is 0.0249. The molecule has 0 fully saturated rings. The van der Waals surface area contributed by atoms with Crippen LogP contribution in [0.4, 0.5) is 5.69 Å². The molecule has 104 valence electrons. The first-order valence-corrected chi connectivity index (χ1v) is 5.99. The molecule has 6 nitrogen and oxygen atoms in total. The number of ketones is 1. The first-order valence-electron chi connectivity index (χ1n) is 5.99. The van der Waals surface area contributed by atoms with Crippen molar-refractivity contribution < 1.29 is 14.1 Å². The molecule has 1 aromatic carbocycles. The van der Waals surface area contributed by atoms with Crippen LogP contribution in [0.2, 0.25) is 0 Å². The van der Waals surface area contributed by atoms with Crippen molar-refractivity contribution in [2.75, 3.05) is 5.32 Å². The summed E-state index contributed by atoms with van der Waals surface area (Å²) >= 11 is 0. The van der Waals surface area contributed by atoms with Gasteiger partial charge in [-0.05, 0) is 38.1 Å². The van der Waals surface area contributed by atoms with Gasteiger partial charge >= 0.3 is 5.63 Å². The highest BCUT2D eigenvalue weighted by Gasteiger charge is 2.19. The van der Waals surface area contributed by atoms with Crippen LogP contribution >= 0.6 is 0 Å². The Morgan fingerprint density at radius 1 is 1.20 bits per heavy atom. The second-order valence-corrected chi connectivity index (χ2v) is 4.42. The largest absolute Gasteiger partial charge is 0.370 e. The Balaban J connectivity index is 2.23. The summed E-state index contributed by atoms with van der Waals surface area (Å²) in [6.45, 7) is 3.09. The van der Waals surface area contributed by atoms with Gasteiger partial charge in [-0.15, -0.1) is 0 Å². The van der Waals surface area contributed by atoms with E-state index in [4.69, 9.17) is 4.52 Å². The van der Waals surface area contributed by atoms with Crippen LogP contribution in [-0.2, 0) is 7.05 Å². The average Bonchev–Trinajstić information content (AvgIpc) is 2.63. The van der Waals surface area contributed by atoms with Crippen molar-refractivity contribution in [2.45, 2.75) is 13.8 Å². The molecule has 1 aromatic heterocycles.